The Labute approximate surface area is 128 Å². The van der Waals surface area contributed by atoms with Crippen molar-refractivity contribution in [3.63, 3.8) is 0 Å². The molecule has 1 aromatic rings. The number of anilines is 1. The molecule has 1 atom stereocenters. The fourth-order valence-electron chi connectivity index (χ4n) is 2.18. The minimum atomic E-state index is -0.126. The lowest BCUT2D eigenvalue weighted by Crippen LogP contribution is -2.35. The highest BCUT2D eigenvalue weighted by Gasteiger charge is 2.13. The molecule has 1 N–H and O–H groups in total. The molecule has 118 valence electrons. The minimum absolute atomic E-state index is 0.0960. The average molecular weight is 292 g/mol. The van der Waals surface area contributed by atoms with Gasteiger partial charge in [0.05, 0.1) is 12.5 Å². The van der Waals surface area contributed by atoms with Crippen LogP contribution in [-0.2, 0) is 9.53 Å². The van der Waals surface area contributed by atoms with E-state index in [9.17, 15) is 4.79 Å². The molecule has 0 saturated heterocycles. The number of carbonyl (C=O) groups is 1. The summed E-state index contributed by atoms with van der Waals surface area (Å²) < 4.78 is 5.00. The number of carbonyl (C=O) groups excluding carboxylic acids is 1. The smallest absolute Gasteiger partial charge is 0.309 e. The van der Waals surface area contributed by atoms with Gasteiger partial charge < -0.3 is 15.0 Å². The van der Waals surface area contributed by atoms with Gasteiger partial charge in [0.1, 0.15) is 0 Å². The average Bonchev–Trinajstić information content (AvgIpc) is 2.51. The minimum Gasteiger partial charge on any atom is -0.466 e. The lowest BCUT2D eigenvalue weighted by atomic mass is 10.2. The summed E-state index contributed by atoms with van der Waals surface area (Å²) >= 11 is 0. The molecule has 1 unspecified atom stereocenters. The van der Waals surface area contributed by atoms with E-state index in [-0.39, 0.29) is 11.9 Å². The van der Waals surface area contributed by atoms with Gasteiger partial charge in [-0.3, -0.25) is 4.79 Å². The molecule has 4 nitrogen and oxygen atoms in total. The molecule has 0 aromatic heterocycles. The van der Waals surface area contributed by atoms with Crippen LogP contribution in [0.1, 0.15) is 27.2 Å². The molecule has 4 heteroatoms. The van der Waals surface area contributed by atoms with E-state index in [2.05, 4.69) is 41.4 Å². The molecule has 0 amide bonds. The van der Waals surface area contributed by atoms with Crippen LogP contribution in [0.4, 0.5) is 5.69 Å². The van der Waals surface area contributed by atoms with E-state index >= 15 is 0 Å². The molecule has 0 bridgehead atoms. The normalized spacial score (nSPS) is 12.0. The molecule has 0 radical (unpaired) electrons. The Balaban J connectivity index is 2.33. The maximum atomic E-state index is 11.5. The highest BCUT2D eigenvalue weighted by Crippen LogP contribution is 2.12. The van der Waals surface area contributed by atoms with Gasteiger partial charge in [0.15, 0.2) is 0 Å². The quantitative estimate of drug-likeness (QED) is 0.532. The Morgan fingerprint density at radius 3 is 2.57 bits per heavy atom. The number of esters is 1. The monoisotopic (exact) mass is 292 g/mol. The summed E-state index contributed by atoms with van der Waals surface area (Å²) in [6, 6.07) is 10.4. The first-order chi connectivity index (χ1) is 10.2. The molecule has 0 spiro atoms. The predicted octanol–water partition coefficient (Wildman–Crippen LogP) is 2.69. The van der Waals surface area contributed by atoms with Gasteiger partial charge in [-0.2, -0.15) is 0 Å². The van der Waals surface area contributed by atoms with Gasteiger partial charge in [-0.15, -0.1) is 0 Å². The van der Waals surface area contributed by atoms with E-state index in [1.165, 1.54) is 5.69 Å². The number of rotatable bonds is 10. The Morgan fingerprint density at radius 2 is 1.95 bits per heavy atom. The molecule has 1 rings (SSSR count). The van der Waals surface area contributed by atoms with Gasteiger partial charge in [0, 0.05) is 31.9 Å². The van der Waals surface area contributed by atoms with Crippen molar-refractivity contribution in [2.24, 2.45) is 5.92 Å². The van der Waals surface area contributed by atoms with Crippen molar-refractivity contribution < 1.29 is 9.53 Å². The molecular weight excluding hydrogens is 264 g/mol. The lowest BCUT2D eigenvalue weighted by Gasteiger charge is -2.24. The number of nitrogens with one attached hydrogen (secondary N) is 1. The standard InChI is InChI=1S/C17H28N2O2/c1-4-12-19(16-9-7-6-8-10-16)13-11-18-14-15(3)17(20)21-5-2/h6-10,15,18H,4-5,11-14H2,1-3H3. The van der Waals surface area contributed by atoms with Gasteiger partial charge in [-0.05, 0) is 25.5 Å². The number of hydrogen-bond acceptors (Lipinski definition) is 4. The fraction of sp³-hybridized carbons (Fsp3) is 0.588. The van der Waals surface area contributed by atoms with E-state index in [1.54, 1.807) is 0 Å². The Morgan fingerprint density at radius 1 is 1.24 bits per heavy atom. The largest absolute Gasteiger partial charge is 0.466 e. The van der Waals surface area contributed by atoms with Gasteiger partial charge in [0.25, 0.3) is 0 Å². The van der Waals surface area contributed by atoms with Crippen LogP contribution in [0.15, 0.2) is 30.3 Å². The van der Waals surface area contributed by atoms with Crippen LogP contribution < -0.4 is 10.2 Å². The Kier molecular flexibility index (Phi) is 8.51. The Bertz CT molecular complexity index is 395. The molecule has 0 aliphatic rings. The predicted molar refractivity (Wildman–Crippen MR) is 87.6 cm³/mol. The van der Waals surface area contributed by atoms with Crippen molar-refractivity contribution in [3.8, 4) is 0 Å². The fourth-order valence-corrected chi connectivity index (χ4v) is 2.18. The number of benzene rings is 1. The highest BCUT2D eigenvalue weighted by molar-refractivity contribution is 5.72. The first-order valence-electron chi connectivity index (χ1n) is 7.86. The molecule has 0 fully saturated rings. The third kappa shape index (κ3) is 6.63. The van der Waals surface area contributed by atoms with Crippen molar-refractivity contribution in [2.45, 2.75) is 27.2 Å². The molecule has 0 saturated carbocycles. The van der Waals surface area contributed by atoms with E-state index in [0.29, 0.717) is 13.2 Å². The van der Waals surface area contributed by atoms with Crippen LogP contribution in [0.5, 0.6) is 0 Å². The molecule has 21 heavy (non-hydrogen) atoms. The van der Waals surface area contributed by atoms with Crippen molar-refractivity contribution in [3.05, 3.63) is 30.3 Å². The number of nitrogens with zero attached hydrogens (tertiary/aromatic N) is 1. The van der Waals surface area contributed by atoms with Crippen LogP contribution in [0.3, 0.4) is 0 Å². The SMILES string of the molecule is CCCN(CCNCC(C)C(=O)OCC)c1ccccc1. The molecule has 0 aliphatic carbocycles. The van der Waals surface area contributed by atoms with Gasteiger partial charge in [-0.25, -0.2) is 0 Å². The summed E-state index contributed by atoms with van der Waals surface area (Å²) in [6.07, 6.45) is 1.12. The topological polar surface area (TPSA) is 41.6 Å². The maximum Gasteiger partial charge on any atom is 0.309 e. The molecule has 0 heterocycles. The zero-order valence-corrected chi connectivity index (χ0v) is 13.5. The van der Waals surface area contributed by atoms with Crippen molar-refractivity contribution >= 4 is 11.7 Å². The summed E-state index contributed by atoms with van der Waals surface area (Å²) in [7, 11) is 0. The zero-order valence-electron chi connectivity index (χ0n) is 13.5. The summed E-state index contributed by atoms with van der Waals surface area (Å²) in [5, 5.41) is 3.34. The van der Waals surface area contributed by atoms with Gasteiger partial charge >= 0.3 is 5.97 Å². The lowest BCUT2D eigenvalue weighted by molar-refractivity contribution is -0.147. The van der Waals surface area contributed by atoms with Crippen LogP contribution in [0.2, 0.25) is 0 Å². The van der Waals surface area contributed by atoms with E-state index in [1.807, 2.05) is 19.9 Å². The number of para-hydroxylation sites is 1. The van der Waals surface area contributed by atoms with Crippen molar-refractivity contribution in [2.75, 3.05) is 37.7 Å². The van der Waals surface area contributed by atoms with Crippen LogP contribution in [0, 0.1) is 5.92 Å². The van der Waals surface area contributed by atoms with E-state index < -0.39 is 0 Å². The van der Waals surface area contributed by atoms with Gasteiger partial charge in [-0.1, -0.05) is 32.0 Å². The second-order valence-corrected chi connectivity index (χ2v) is 5.18. The highest BCUT2D eigenvalue weighted by atomic mass is 16.5. The molecule has 0 aliphatic heterocycles. The third-order valence-corrected chi connectivity index (χ3v) is 3.31. The van der Waals surface area contributed by atoms with Crippen LogP contribution >= 0.6 is 0 Å². The second kappa shape index (κ2) is 10.2. The van der Waals surface area contributed by atoms with Crippen molar-refractivity contribution in [1.82, 2.24) is 5.32 Å². The first kappa shape index (κ1) is 17.5. The second-order valence-electron chi connectivity index (χ2n) is 5.18. The molecule has 1 aromatic carbocycles. The van der Waals surface area contributed by atoms with Crippen LogP contribution in [-0.4, -0.2) is 38.8 Å². The number of hydrogen-bond donors (Lipinski definition) is 1. The third-order valence-electron chi connectivity index (χ3n) is 3.31. The summed E-state index contributed by atoms with van der Waals surface area (Å²) in [6.45, 7) is 9.86. The zero-order chi connectivity index (χ0) is 15.5. The summed E-state index contributed by atoms with van der Waals surface area (Å²) in [4.78, 5) is 13.9. The van der Waals surface area contributed by atoms with E-state index in [4.69, 9.17) is 4.74 Å². The Hall–Kier alpha value is -1.55. The summed E-state index contributed by atoms with van der Waals surface area (Å²) in [5.74, 6) is -0.222. The van der Waals surface area contributed by atoms with Crippen molar-refractivity contribution in [1.29, 1.82) is 0 Å². The number of ether oxygens (including phenoxy) is 1. The summed E-state index contributed by atoms with van der Waals surface area (Å²) in [5.41, 5.74) is 1.25. The van der Waals surface area contributed by atoms with Gasteiger partial charge in [0.2, 0.25) is 0 Å². The maximum absolute atomic E-state index is 11.5. The first-order valence-corrected chi connectivity index (χ1v) is 7.86. The molecular formula is C17H28N2O2. The van der Waals surface area contributed by atoms with Crippen LogP contribution in [0.25, 0.3) is 0 Å². The van der Waals surface area contributed by atoms with E-state index in [0.717, 1.165) is 26.1 Å².